The van der Waals surface area contributed by atoms with E-state index in [2.05, 4.69) is 35.1 Å². The van der Waals surface area contributed by atoms with Crippen LogP contribution in [-0.4, -0.2) is 35.6 Å². The van der Waals surface area contributed by atoms with Gasteiger partial charge in [0.05, 0.1) is 0 Å². The Morgan fingerprint density at radius 2 is 2.14 bits per heavy atom. The second-order valence-electron chi connectivity index (χ2n) is 3.69. The first-order chi connectivity index (χ1) is 6.90. The van der Waals surface area contributed by atoms with Gasteiger partial charge in [0, 0.05) is 25.0 Å². The zero-order valence-electron chi connectivity index (χ0n) is 8.32. The van der Waals surface area contributed by atoms with E-state index >= 15 is 0 Å². The molecule has 74 valence electrons. The number of fused-ring (bicyclic) bond motifs is 1. The lowest BCUT2D eigenvalue weighted by Crippen LogP contribution is -2.24. The van der Waals surface area contributed by atoms with Gasteiger partial charge in [-0.25, -0.2) is 4.58 Å². The quantitative estimate of drug-likeness (QED) is 0.708. The van der Waals surface area contributed by atoms with Gasteiger partial charge in [-0.2, -0.15) is 0 Å². The molecule has 0 aromatic heterocycles. The predicted molar refractivity (Wildman–Crippen MR) is 57.0 cm³/mol. The van der Waals surface area contributed by atoms with Gasteiger partial charge in [0.25, 0.3) is 0 Å². The van der Waals surface area contributed by atoms with Crippen LogP contribution in [0.3, 0.4) is 0 Å². The molecular formula is C12H16NO+. The summed E-state index contributed by atoms with van der Waals surface area (Å²) in [6, 6.07) is 8.51. The molecule has 1 aliphatic heterocycles. The number of nitrogens with zero attached hydrogens (tertiary/aromatic N) is 1. The molecule has 0 amide bonds. The molecule has 14 heavy (non-hydrogen) atoms. The van der Waals surface area contributed by atoms with E-state index in [1.54, 1.807) is 0 Å². The maximum Gasteiger partial charge on any atom is 0.170 e. The Labute approximate surface area is 84.5 Å². The molecule has 1 aromatic carbocycles. The molecule has 0 atom stereocenters. The summed E-state index contributed by atoms with van der Waals surface area (Å²) in [5.74, 6) is 0. The minimum atomic E-state index is 0.284. The summed E-state index contributed by atoms with van der Waals surface area (Å²) < 4.78 is 2.29. The molecule has 0 spiro atoms. The highest BCUT2D eigenvalue weighted by Gasteiger charge is 2.13. The molecule has 0 bridgehead atoms. The Bertz CT molecular complexity index is 344. The third-order valence-electron chi connectivity index (χ3n) is 2.65. The van der Waals surface area contributed by atoms with E-state index in [1.807, 2.05) is 0 Å². The Kier molecular flexibility index (Phi) is 2.94. The highest BCUT2D eigenvalue weighted by Crippen LogP contribution is 2.10. The van der Waals surface area contributed by atoms with E-state index in [9.17, 15) is 0 Å². The van der Waals surface area contributed by atoms with E-state index in [4.69, 9.17) is 5.11 Å². The molecule has 0 unspecified atom stereocenters. The molecule has 0 aliphatic carbocycles. The average molecular weight is 190 g/mol. The fourth-order valence-electron chi connectivity index (χ4n) is 1.86. The Morgan fingerprint density at radius 1 is 1.29 bits per heavy atom. The van der Waals surface area contributed by atoms with Crippen molar-refractivity contribution in [3.8, 4) is 0 Å². The lowest BCUT2D eigenvalue weighted by Gasteiger charge is -2.11. The van der Waals surface area contributed by atoms with Gasteiger partial charge >= 0.3 is 0 Å². The van der Waals surface area contributed by atoms with Gasteiger partial charge in [-0.15, -0.1) is 0 Å². The minimum Gasteiger partial charge on any atom is -0.396 e. The highest BCUT2D eigenvalue weighted by atomic mass is 16.3. The van der Waals surface area contributed by atoms with Crippen molar-refractivity contribution in [1.82, 2.24) is 0 Å². The molecule has 2 heteroatoms. The topological polar surface area (TPSA) is 23.2 Å². The van der Waals surface area contributed by atoms with Crippen molar-refractivity contribution < 1.29 is 9.68 Å². The van der Waals surface area contributed by atoms with Crippen LogP contribution in [-0.2, 0) is 6.42 Å². The monoisotopic (exact) mass is 190 g/mol. The second kappa shape index (κ2) is 4.38. The minimum absolute atomic E-state index is 0.284. The number of benzene rings is 1. The fraction of sp³-hybridized carbons (Fsp3) is 0.417. The SMILES string of the molecule is OCCC[N+]1=Cc2ccccc2CC1. The zero-order chi connectivity index (χ0) is 9.80. The zero-order valence-corrected chi connectivity index (χ0v) is 8.32. The summed E-state index contributed by atoms with van der Waals surface area (Å²) in [5, 5.41) is 8.75. The maximum atomic E-state index is 8.75. The van der Waals surface area contributed by atoms with Gasteiger partial charge in [-0.3, -0.25) is 0 Å². The van der Waals surface area contributed by atoms with Gasteiger partial charge in [-0.1, -0.05) is 18.2 Å². The van der Waals surface area contributed by atoms with Gasteiger partial charge in [0.15, 0.2) is 6.21 Å². The van der Waals surface area contributed by atoms with Crippen molar-refractivity contribution in [2.45, 2.75) is 12.8 Å². The molecule has 1 aliphatic rings. The molecule has 1 heterocycles. The summed E-state index contributed by atoms with van der Waals surface area (Å²) in [6.07, 6.45) is 4.19. The van der Waals surface area contributed by atoms with Crippen LogP contribution in [0, 0.1) is 0 Å². The number of aliphatic hydroxyl groups excluding tert-OH is 1. The Morgan fingerprint density at radius 3 is 3.00 bits per heavy atom. The Hall–Kier alpha value is -1.15. The number of rotatable bonds is 3. The van der Waals surface area contributed by atoms with Crippen LogP contribution in [0.25, 0.3) is 0 Å². The van der Waals surface area contributed by atoms with Crippen molar-refractivity contribution in [2.24, 2.45) is 0 Å². The molecule has 1 aromatic rings. The van der Waals surface area contributed by atoms with Crippen LogP contribution in [0.2, 0.25) is 0 Å². The molecule has 0 radical (unpaired) electrons. The van der Waals surface area contributed by atoms with Crippen LogP contribution in [0.1, 0.15) is 17.5 Å². The Balaban J connectivity index is 2.14. The van der Waals surface area contributed by atoms with E-state index < -0.39 is 0 Å². The van der Waals surface area contributed by atoms with Gasteiger partial charge < -0.3 is 5.11 Å². The fourth-order valence-corrected chi connectivity index (χ4v) is 1.86. The molecule has 0 fully saturated rings. The lowest BCUT2D eigenvalue weighted by atomic mass is 10.0. The van der Waals surface area contributed by atoms with Crippen LogP contribution >= 0.6 is 0 Å². The number of aliphatic hydroxyl groups is 1. The van der Waals surface area contributed by atoms with Crippen LogP contribution in [0.4, 0.5) is 0 Å². The molecular weight excluding hydrogens is 174 g/mol. The van der Waals surface area contributed by atoms with E-state index in [1.165, 1.54) is 11.1 Å². The van der Waals surface area contributed by atoms with Crippen molar-refractivity contribution in [3.05, 3.63) is 35.4 Å². The highest BCUT2D eigenvalue weighted by molar-refractivity contribution is 5.78. The van der Waals surface area contributed by atoms with Crippen molar-refractivity contribution in [1.29, 1.82) is 0 Å². The van der Waals surface area contributed by atoms with E-state index in [0.29, 0.717) is 0 Å². The number of hydrogen-bond donors (Lipinski definition) is 1. The van der Waals surface area contributed by atoms with E-state index in [-0.39, 0.29) is 6.61 Å². The third-order valence-corrected chi connectivity index (χ3v) is 2.65. The molecule has 0 saturated carbocycles. The largest absolute Gasteiger partial charge is 0.396 e. The summed E-state index contributed by atoms with van der Waals surface area (Å²) in [6.45, 7) is 2.33. The summed E-state index contributed by atoms with van der Waals surface area (Å²) >= 11 is 0. The van der Waals surface area contributed by atoms with Crippen LogP contribution in [0.15, 0.2) is 24.3 Å². The van der Waals surface area contributed by atoms with Gasteiger partial charge in [0.2, 0.25) is 0 Å². The lowest BCUT2D eigenvalue weighted by molar-refractivity contribution is -0.524. The van der Waals surface area contributed by atoms with Crippen molar-refractivity contribution in [2.75, 3.05) is 19.7 Å². The first-order valence-corrected chi connectivity index (χ1v) is 5.18. The van der Waals surface area contributed by atoms with Gasteiger partial charge in [-0.05, 0) is 11.6 Å². The smallest absolute Gasteiger partial charge is 0.170 e. The first kappa shape index (κ1) is 9.41. The second-order valence-corrected chi connectivity index (χ2v) is 3.69. The predicted octanol–water partition coefficient (Wildman–Crippen LogP) is 1.06. The molecule has 2 rings (SSSR count). The first-order valence-electron chi connectivity index (χ1n) is 5.18. The summed E-state index contributed by atoms with van der Waals surface area (Å²) in [5.41, 5.74) is 2.77. The van der Waals surface area contributed by atoms with Crippen molar-refractivity contribution in [3.63, 3.8) is 0 Å². The standard InChI is InChI=1S/C12H16NO/c14-9-3-7-13-8-6-11-4-1-2-5-12(11)10-13/h1-2,4-5,10,14H,3,6-9H2/q+1. The molecule has 2 nitrogen and oxygen atoms in total. The van der Waals surface area contributed by atoms with Crippen LogP contribution < -0.4 is 0 Å². The maximum absolute atomic E-state index is 8.75. The number of hydrogen-bond acceptors (Lipinski definition) is 1. The van der Waals surface area contributed by atoms with Crippen molar-refractivity contribution >= 4 is 6.21 Å². The summed E-state index contributed by atoms with van der Waals surface area (Å²) in [4.78, 5) is 0. The van der Waals surface area contributed by atoms with Gasteiger partial charge in [0.1, 0.15) is 13.1 Å². The third kappa shape index (κ3) is 2.02. The summed E-state index contributed by atoms with van der Waals surface area (Å²) in [7, 11) is 0. The average Bonchev–Trinajstić information content (AvgIpc) is 2.26. The molecule has 1 N–H and O–H groups in total. The van der Waals surface area contributed by atoms with Crippen LogP contribution in [0.5, 0.6) is 0 Å². The normalized spacial score (nSPS) is 14.8. The van der Waals surface area contributed by atoms with E-state index in [0.717, 1.165) is 25.9 Å². The molecule has 0 saturated heterocycles.